The highest BCUT2D eigenvalue weighted by Gasteiger charge is 2.34. The van der Waals surface area contributed by atoms with Gasteiger partial charge in [-0.3, -0.25) is 19.3 Å². The summed E-state index contributed by atoms with van der Waals surface area (Å²) in [7, 11) is 0. The number of hydrogen-bond acceptors (Lipinski definition) is 6. The average molecular weight is 449 g/mol. The van der Waals surface area contributed by atoms with Gasteiger partial charge in [0.25, 0.3) is 17.7 Å². The summed E-state index contributed by atoms with van der Waals surface area (Å²) in [5.41, 5.74) is 1.75. The second-order valence-electron chi connectivity index (χ2n) is 7.28. The SMILES string of the molecule is CC(OC(=O)c1ccc(CN2C(=O)c3ccccc3C2=O)cc1)C(=O)NCc1cccs1. The lowest BCUT2D eigenvalue weighted by molar-refractivity contribution is -0.129. The van der Waals surface area contributed by atoms with Crippen molar-refractivity contribution in [1.82, 2.24) is 10.2 Å². The van der Waals surface area contributed by atoms with Crippen LogP contribution in [0.1, 0.15) is 48.4 Å². The zero-order chi connectivity index (χ0) is 22.7. The van der Waals surface area contributed by atoms with E-state index in [-0.39, 0.29) is 29.8 Å². The fraction of sp³-hybridized carbons (Fsp3) is 0.167. The van der Waals surface area contributed by atoms with Crippen molar-refractivity contribution in [3.05, 3.63) is 93.2 Å². The maximum Gasteiger partial charge on any atom is 0.338 e. The van der Waals surface area contributed by atoms with Crippen LogP contribution in [0.4, 0.5) is 0 Å². The third-order valence-electron chi connectivity index (χ3n) is 5.08. The molecule has 0 spiro atoms. The van der Waals surface area contributed by atoms with Crippen LogP contribution in [-0.4, -0.2) is 34.7 Å². The highest BCUT2D eigenvalue weighted by atomic mass is 32.1. The monoisotopic (exact) mass is 448 g/mol. The molecule has 3 amide bonds. The van der Waals surface area contributed by atoms with E-state index in [9.17, 15) is 19.2 Å². The van der Waals surface area contributed by atoms with Crippen molar-refractivity contribution < 1.29 is 23.9 Å². The molecular formula is C24H20N2O5S. The largest absolute Gasteiger partial charge is 0.449 e. The standard InChI is InChI=1S/C24H20N2O5S/c1-15(21(27)25-13-18-5-4-12-32-18)31-24(30)17-10-8-16(9-11-17)14-26-22(28)19-6-2-3-7-20(19)23(26)29/h2-12,15H,13-14H2,1H3,(H,25,27). The van der Waals surface area contributed by atoms with Crippen molar-refractivity contribution in [2.75, 3.05) is 0 Å². The second-order valence-corrected chi connectivity index (χ2v) is 8.32. The van der Waals surface area contributed by atoms with Gasteiger partial charge in [0.2, 0.25) is 0 Å². The molecule has 0 radical (unpaired) electrons. The number of rotatable bonds is 7. The predicted octanol–water partition coefficient (Wildman–Crippen LogP) is 3.41. The van der Waals surface area contributed by atoms with Gasteiger partial charge in [-0.05, 0) is 48.2 Å². The average Bonchev–Trinajstić information content (AvgIpc) is 3.41. The quantitative estimate of drug-likeness (QED) is 0.442. The highest BCUT2D eigenvalue weighted by Crippen LogP contribution is 2.24. The zero-order valence-electron chi connectivity index (χ0n) is 17.2. The third kappa shape index (κ3) is 4.45. The van der Waals surface area contributed by atoms with Crippen molar-refractivity contribution in [3.63, 3.8) is 0 Å². The Bertz CT molecular complexity index is 1140. The van der Waals surface area contributed by atoms with Gasteiger partial charge in [-0.1, -0.05) is 30.3 Å². The summed E-state index contributed by atoms with van der Waals surface area (Å²) in [5, 5.41) is 4.65. The maximum absolute atomic E-state index is 12.5. The molecule has 8 heteroatoms. The van der Waals surface area contributed by atoms with Crippen LogP contribution in [0.3, 0.4) is 0 Å². The summed E-state index contributed by atoms with van der Waals surface area (Å²) in [5.74, 6) is -1.68. The Kier molecular flexibility index (Phi) is 6.13. The topological polar surface area (TPSA) is 92.8 Å². The van der Waals surface area contributed by atoms with Crippen molar-refractivity contribution in [1.29, 1.82) is 0 Å². The summed E-state index contributed by atoms with van der Waals surface area (Å²) < 4.78 is 5.25. The number of fused-ring (bicyclic) bond motifs is 1. The minimum atomic E-state index is -0.944. The number of nitrogens with one attached hydrogen (secondary N) is 1. The van der Waals surface area contributed by atoms with Gasteiger partial charge < -0.3 is 10.1 Å². The minimum absolute atomic E-state index is 0.100. The summed E-state index contributed by atoms with van der Waals surface area (Å²) in [6.45, 7) is 1.99. The smallest absolute Gasteiger partial charge is 0.338 e. The predicted molar refractivity (Wildman–Crippen MR) is 118 cm³/mol. The second kappa shape index (κ2) is 9.15. The summed E-state index contributed by atoms with van der Waals surface area (Å²) >= 11 is 1.53. The Morgan fingerprint density at radius 3 is 2.22 bits per heavy atom. The zero-order valence-corrected chi connectivity index (χ0v) is 18.1. The number of ether oxygens (including phenoxy) is 1. The fourth-order valence-electron chi connectivity index (χ4n) is 3.32. The maximum atomic E-state index is 12.5. The molecule has 0 saturated heterocycles. The highest BCUT2D eigenvalue weighted by molar-refractivity contribution is 7.09. The molecular weight excluding hydrogens is 428 g/mol. The van der Waals surface area contributed by atoms with Gasteiger partial charge in [-0.25, -0.2) is 4.79 Å². The molecule has 0 aliphatic carbocycles. The van der Waals surface area contributed by atoms with E-state index in [1.165, 1.54) is 23.2 Å². The minimum Gasteiger partial charge on any atom is -0.449 e. The molecule has 1 unspecified atom stereocenters. The molecule has 2 aromatic carbocycles. The number of nitrogens with zero attached hydrogens (tertiary/aromatic N) is 1. The van der Waals surface area contributed by atoms with E-state index in [1.54, 1.807) is 48.5 Å². The van der Waals surface area contributed by atoms with E-state index < -0.39 is 12.1 Å². The van der Waals surface area contributed by atoms with E-state index in [0.717, 1.165) is 4.88 Å². The molecule has 3 aromatic rings. The van der Waals surface area contributed by atoms with Crippen LogP contribution >= 0.6 is 11.3 Å². The number of hydrogen-bond donors (Lipinski definition) is 1. The lowest BCUT2D eigenvalue weighted by Gasteiger charge is -2.15. The number of carbonyl (C=O) groups excluding carboxylic acids is 4. The molecule has 1 aliphatic heterocycles. The van der Waals surface area contributed by atoms with Crippen molar-refractivity contribution in [3.8, 4) is 0 Å². The van der Waals surface area contributed by atoms with Gasteiger partial charge in [0, 0.05) is 4.88 Å². The van der Waals surface area contributed by atoms with Crippen molar-refractivity contribution >= 4 is 35.0 Å². The molecule has 1 aliphatic rings. The third-order valence-corrected chi connectivity index (χ3v) is 5.95. The molecule has 0 fully saturated rings. The number of amides is 3. The molecule has 1 aromatic heterocycles. The first-order chi connectivity index (χ1) is 15.4. The normalized spacial score (nSPS) is 13.6. The number of benzene rings is 2. The number of esters is 1. The van der Waals surface area contributed by atoms with Crippen LogP contribution < -0.4 is 5.32 Å². The first-order valence-corrected chi connectivity index (χ1v) is 10.9. The van der Waals surface area contributed by atoms with Crippen LogP contribution in [-0.2, 0) is 22.6 Å². The molecule has 4 rings (SSSR count). The Morgan fingerprint density at radius 1 is 0.969 bits per heavy atom. The van der Waals surface area contributed by atoms with Gasteiger partial charge >= 0.3 is 5.97 Å². The fourth-order valence-corrected chi connectivity index (χ4v) is 3.97. The van der Waals surface area contributed by atoms with Gasteiger partial charge in [-0.15, -0.1) is 11.3 Å². The lowest BCUT2D eigenvalue weighted by Crippen LogP contribution is -2.35. The molecule has 1 atom stereocenters. The number of imide groups is 1. The van der Waals surface area contributed by atoms with E-state index in [1.807, 2.05) is 17.5 Å². The van der Waals surface area contributed by atoms with E-state index in [0.29, 0.717) is 23.2 Å². The molecule has 2 heterocycles. The molecule has 162 valence electrons. The van der Waals surface area contributed by atoms with Crippen LogP contribution in [0.15, 0.2) is 66.0 Å². The molecule has 0 saturated carbocycles. The van der Waals surface area contributed by atoms with Crippen molar-refractivity contribution in [2.45, 2.75) is 26.1 Å². The molecule has 1 N–H and O–H groups in total. The molecule has 0 bridgehead atoms. The van der Waals surface area contributed by atoms with Gasteiger partial charge in [0.1, 0.15) is 0 Å². The van der Waals surface area contributed by atoms with E-state index in [2.05, 4.69) is 5.32 Å². The Labute approximate surface area is 188 Å². The first kappa shape index (κ1) is 21.5. The Balaban J connectivity index is 1.33. The molecule has 32 heavy (non-hydrogen) atoms. The van der Waals surface area contributed by atoms with Crippen LogP contribution in [0.5, 0.6) is 0 Å². The van der Waals surface area contributed by atoms with Crippen LogP contribution in [0.25, 0.3) is 0 Å². The van der Waals surface area contributed by atoms with Gasteiger partial charge in [-0.2, -0.15) is 0 Å². The van der Waals surface area contributed by atoms with Crippen molar-refractivity contribution in [2.24, 2.45) is 0 Å². The summed E-state index contributed by atoms with van der Waals surface area (Å²) in [6, 6.07) is 16.9. The number of carbonyl (C=O) groups is 4. The lowest BCUT2D eigenvalue weighted by atomic mass is 10.1. The summed E-state index contributed by atoms with van der Waals surface area (Å²) in [6.07, 6.45) is -0.944. The van der Waals surface area contributed by atoms with E-state index in [4.69, 9.17) is 4.74 Å². The van der Waals surface area contributed by atoms with Crippen LogP contribution in [0.2, 0.25) is 0 Å². The van der Waals surface area contributed by atoms with E-state index >= 15 is 0 Å². The first-order valence-electron chi connectivity index (χ1n) is 9.99. The Hall–Kier alpha value is -3.78. The Morgan fingerprint density at radius 2 is 1.62 bits per heavy atom. The molecule has 7 nitrogen and oxygen atoms in total. The van der Waals surface area contributed by atoms with Gasteiger partial charge in [0.15, 0.2) is 6.10 Å². The van der Waals surface area contributed by atoms with Gasteiger partial charge in [0.05, 0.1) is 29.8 Å². The van der Waals surface area contributed by atoms with Crippen LogP contribution in [0, 0.1) is 0 Å². The summed E-state index contributed by atoms with van der Waals surface area (Å²) in [4.78, 5) is 51.7. The number of thiophene rings is 1.